The third-order valence-corrected chi connectivity index (χ3v) is 19.1. The van der Waals surface area contributed by atoms with Gasteiger partial charge in [0.1, 0.15) is 19.3 Å². The van der Waals surface area contributed by atoms with Crippen LogP contribution in [0.15, 0.2) is 24.3 Å². The van der Waals surface area contributed by atoms with Gasteiger partial charge >= 0.3 is 39.5 Å². The smallest absolute Gasteiger partial charge is 0.462 e. The van der Waals surface area contributed by atoms with Gasteiger partial charge in [0.2, 0.25) is 0 Å². The molecule has 3 unspecified atom stereocenters. The summed E-state index contributed by atoms with van der Waals surface area (Å²) in [5.74, 6) is -0.556. The number of unbranched alkanes of at least 4 members (excludes halogenated alkanes) is 38. The molecule has 0 saturated heterocycles. The van der Waals surface area contributed by atoms with Crippen LogP contribution in [0.2, 0.25) is 0 Å². The highest BCUT2D eigenvalue weighted by atomic mass is 31.2. The van der Waals surface area contributed by atoms with Gasteiger partial charge in [-0.1, -0.05) is 310 Å². The van der Waals surface area contributed by atoms with Gasteiger partial charge < -0.3 is 33.8 Å². The Morgan fingerprint density at radius 2 is 0.628 bits per heavy atom. The summed E-state index contributed by atoms with van der Waals surface area (Å²) in [6.07, 6.45) is 56.8. The number of aliphatic hydroxyl groups excluding tert-OH is 1. The number of ether oxygens (including phenoxy) is 4. The Bertz CT molecular complexity index is 1920. The standard InChI is InChI=1S/C75H142O17P2/c1-7-10-12-14-15-16-17-18-23-27-30-35-40-46-52-58-73(78)86-64-71(92-74(79)59-53-47-41-36-31-28-25-22-20-19-21-24-26-29-34-39-45-50-56-68(6)9-3)66-90-94(83,84)88-62-69(76)61-87-93(81,82)89-65-70(63-85-72(77)57-51-43-13-11-8-2)91-75(80)60-54-48-42-37-32-33-38-44-49-55-67(4)5/h16-18,23,67-71,76H,7-15,19-22,24-66H2,1-6H3,(H,81,82)(H,83,84)/b17-16-,23-18-/t68?,69-,70+,71+/m0/s1. The zero-order chi connectivity index (χ0) is 69.3. The van der Waals surface area contributed by atoms with Gasteiger partial charge in [-0.2, -0.15) is 0 Å². The summed E-state index contributed by atoms with van der Waals surface area (Å²) in [4.78, 5) is 72.4. The fourth-order valence-electron chi connectivity index (χ4n) is 10.9. The number of hydrogen-bond donors (Lipinski definition) is 3. The maximum Gasteiger partial charge on any atom is 0.472 e. The molecule has 0 amide bonds. The molecule has 0 aliphatic heterocycles. The van der Waals surface area contributed by atoms with Gasteiger partial charge in [0.05, 0.1) is 26.4 Å². The van der Waals surface area contributed by atoms with E-state index in [9.17, 15) is 43.2 Å². The van der Waals surface area contributed by atoms with E-state index in [1.807, 2.05) is 0 Å². The van der Waals surface area contributed by atoms with Crippen molar-refractivity contribution in [2.24, 2.45) is 11.8 Å². The molecule has 0 saturated carbocycles. The van der Waals surface area contributed by atoms with Gasteiger partial charge in [0, 0.05) is 25.7 Å². The summed E-state index contributed by atoms with van der Waals surface area (Å²) in [6, 6.07) is 0. The molecule has 6 atom stereocenters. The molecule has 94 heavy (non-hydrogen) atoms. The summed E-state index contributed by atoms with van der Waals surface area (Å²) in [7, 11) is -9.91. The van der Waals surface area contributed by atoms with Crippen molar-refractivity contribution in [3.8, 4) is 0 Å². The number of hydrogen-bond acceptors (Lipinski definition) is 15. The molecule has 0 fully saturated rings. The van der Waals surface area contributed by atoms with Gasteiger partial charge in [-0.15, -0.1) is 0 Å². The zero-order valence-corrected chi connectivity index (χ0v) is 62.5. The lowest BCUT2D eigenvalue weighted by molar-refractivity contribution is -0.161. The van der Waals surface area contributed by atoms with Gasteiger partial charge in [0.15, 0.2) is 12.2 Å². The first-order valence-corrected chi connectivity index (χ1v) is 41.3. The Morgan fingerprint density at radius 3 is 0.957 bits per heavy atom. The van der Waals surface area contributed by atoms with E-state index in [2.05, 4.69) is 65.8 Å². The SMILES string of the molecule is CCCCCC/C=C\C=C/CCCCCCCC(=O)OC[C@H](COP(=O)(O)OC[C@@H](O)COP(=O)(O)OC[C@@H](COC(=O)CCCCCCC)OC(=O)CCCCCCCCCCCC(C)C)OC(=O)CCCCCCCCCCCCCCCCCCCCC(C)CC. The normalized spacial score (nSPS) is 14.5. The molecule has 19 heteroatoms. The van der Waals surface area contributed by atoms with Crippen molar-refractivity contribution in [3.63, 3.8) is 0 Å². The number of rotatable bonds is 72. The first kappa shape index (κ1) is 91.5. The largest absolute Gasteiger partial charge is 0.472 e. The molecule has 0 rings (SSSR count). The number of carbonyl (C=O) groups excluding carboxylic acids is 4. The molecule has 0 aromatic heterocycles. The molecule has 554 valence electrons. The van der Waals surface area contributed by atoms with E-state index in [1.54, 1.807) is 0 Å². The fraction of sp³-hybridized carbons (Fsp3) is 0.893. The molecular weight excluding hydrogens is 1230 g/mol. The summed E-state index contributed by atoms with van der Waals surface area (Å²) in [6.45, 7) is 9.46. The zero-order valence-electron chi connectivity index (χ0n) is 60.7. The minimum Gasteiger partial charge on any atom is -0.462 e. The number of phosphoric acid groups is 2. The number of carbonyl (C=O) groups is 4. The Balaban J connectivity index is 5.15. The predicted octanol–water partition coefficient (Wildman–Crippen LogP) is 21.5. The maximum absolute atomic E-state index is 13.1. The van der Waals surface area contributed by atoms with Crippen LogP contribution in [0.5, 0.6) is 0 Å². The Labute approximate surface area is 573 Å². The summed E-state index contributed by atoms with van der Waals surface area (Å²) < 4.78 is 68.2. The molecule has 17 nitrogen and oxygen atoms in total. The van der Waals surface area contributed by atoms with E-state index in [-0.39, 0.29) is 25.7 Å². The van der Waals surface area contributed by atoms with E-state index in [1.165, 1.54) is 154 Å². The molecule has 0 aliphatic carbocycles. The van der Waals surface area contributed by atoms with E-state index in [0.717, 1.165) is 127 Å². The van der Waals surface area contributed by atoms with E-state index in [0.29, 0.717) is 25.7 Å². The maximum atomic E-state index is 13.1. The second-order valence-corrected chi connectivity index (χ2v) is 30.0. The van der Waals surface area contributed by atoms with Gasteiger partial charge in [-0.3, -0.25) is 37.3 Å². The molecule has 0 aliphatic rings. The molecule has 0 heterocycles. The van der Waals surface area contributed by atoms with Crippen molar-refractivity contribution in [2.75, 3.05) is 39.6 Å². The summed E-state index contributed by atoms with van der Waals surface area (Å²) >= 11 is 0. The first-order chi connectivity index (χ1) is 45.4. The van der Waals surface area contributed by atoms with Crippen LogP contribution in [0, 0.1) is 11.8 Å². The lowest BCUT2D eigenvalue weighted by Gasteiger charge is -2.21. The highest BCUT2D eigenvalue weighted by Gasteiger charge is 2.30. The number of allylic oxidation sites excluding steroid dienone is 4. The molecular formula is C75H142O17P2. The van der Waals surface area contributed by atoms with Crippen molar-refractivity contribution >= 4 is 39.5 Å². The van der Waals surface area contributed by atoms with Crippen molar-refractivity contribution in [1.82, 2.24) is 0 Å². The highest BCUT2D eigenvalue weighted by Crippen LogP contribution is 2.45. The molecule has 3 N–H and O–H groups in total. The van der Waals surface area contributed by atoms with E-state index < -0.39 is 97.5 Å². The van der Waals surface area contributed by atoms with Crippen LogP contribution in [-0.4, -0.2) is 96.7 Å². The average Bonchev–Trinajstić information content (AvgIpc) is 1.89. The molecule has 0 spiro atoms. The van der Waals surface area contributed by atoms with Crippen molar-refractivity contribution in [1.29, 1.82) is 0 Å². The monoisotopic (exact) mass is 1380 g/mol. The van der Waals surface area contributed by atoms with Crippen LogP contribution in [0.1, 0.15) is 363 Å². The second kappa shape index (κ2) is 66.4. The quantitative estimate of drug-likeness (QED) is 0.0169. The van der Waals surface area contributed by atoms with Gasteiger partial charge in [-0.05, 0) is 63.2 Å². The van der Waals surface area contributed by atoms with Gasteiger partial charge in [-0.25, -0.2) is 9.13 Å². The average molecular weight is 1380 g/mol. The molecule has 0 bridgehead atoms. The van der Waals surface area contributed by atoms with Crippen LogP contribution in [0.25, 0.3) is 0 Å². The van der Waals surface area contributed by atoms with Crippen molar-refractivity contribution in [3.05, 3.63) is 24.3 Å². The van der Waals surface area contributed by atoms with Crippen LogP contribution >= 0.6 is 15.6 Å². The number of esters is 4. The van der Waals surface area contributed by atoms with Gasteiger partial charge in [0.25, 0.3) is 0 Å². The summed E-state index contributed by atoms with van der Waals surface area (Å²) in [5.41, 5.74) is 0. The predicted molar refractivity (Wildman–Crippen MR) is 381 cm³/mol. The summed E-state index contributed by atoms with van der Waals surface area (Å²) in [5, 5.41) is 10.6. The topological polar surface area (TPSA) is 237 Å². The Morgan fingerprint density at radius 1 is 0.351 bits per heavy atom. The fourth-order valence-corrected chi connectivity index (χ4v) is 12.5. The first-order valence-electron chi connectivity index (χ1n) is 38.3. The van der Waals surface area contributed by atoms with Crippen molar-refractivity contribution < 1.29 is 80.2 Å². The minimum absolute atomic E-state index is 0.101. The third kappa shape index (κ3) is 66.8. The lowest BCUT2D eigenvalue weighted by atomic mass is 9.99. The van der Waals surface area contributed by atoms with Crippen LogP contribution in [-0.2, 0) is 65.4 Å². The number of phosphoric ester groups is 2. The van der Waals surface area contributed by atoms with Crippen molar-refractivity contribution in [2.45, 2.75) is 381 Å². The lowest BCUT2D eigenvalue weighted by Crippen LogP contribution is -2.30. The minimum atomic E-state index is -4.96. The molecule has 0 aromatic rings. The third-order valence-electron chi connectivity index (χ3n) is 17.2. The molecule has 0 radical (unpaired) electrons. The second-order valence-electron chi connectivity index (χ2n) is 27.1. The Kier molecular flexibility index (Phi) is 64.7. The number of aliphatic hydroxyl groups is 1. The van der Waals surface area contributed by atoms with E-state index >= 15 is 0 Å². The van der Waals surface area contributed by atoms with Crippen LogP contribution < -0.4 is 0 Å². The highest BCUT2D eigenvalue weighted by molar-refractivity contribution is 7.47. The molecule has 0 aromatic carbocycles. The van der Waals surface area contributed by atoms with Crippen LogP contribution in [0.4, 0.5) is 0 Å². The van der Waals surface area contributed by atoms with E-state index in [4.69, 9.17) is 37.0 Å². The van der Waals surface area contributed by atoms with Crippen LogP contribution in [0.3, 0.4) is 0 Å². The Hall–Kier alpha value is -2.46.